The average Bonchev–Trinajstić information content (AvgIpc) is 3.18. The van der Waals surface area contributed by atoms with Crippen LogP contribution in [0.1, 0.15) is 61.4 Å². The second kappa shape index (κ2) is 5.45. The van der Waals surface area contributed by atoms with Crippen LogP contribution in [0, 0.1) is 5.92 Å². The van der Waals surface area contributed by atoms with Gasteiger partial charge in [0.25, 0.3) is 5.56 Å². The predicted octanol–water partition coefficient (Wildman–Crippen LogP) is 2.69. The molecule has 2 aromatic rings. The standard InChI is InChI=1S/C19H26N4O/c1-22-18-16(13-5-2-3-6-14(13)19(24)20-18)17(21-22)15-7-4-10-23(15)11-12-8-9-12/h12,15H,2-11H2,1H3,(H,20,24). The number of nitrogens with one attached hydrogen (secondary N) is 1. The molecule has 1 atom stereocenters. The van der Waals surface area contributed by atoms with E-state index in [1.165, 1.54) is 61.8 Å². The molecule has 5 rings (SSSR count). The summed E-state index contributed by atoms with van der Waals surface area (Å²) in [5, 5.41) is 6.17. The Bertz CT molecular complexity index is 845. The summed E-state index contributed by atoms with van der Waals surface area (Å²) in [4.78, 5) is 18.2. The fourth-order valence-corrected chi connectivity index (χ4v) is 4.82. The minimum atomic E-state index is 0.105. The van der Waals surface area contributed by atoms with Crippen LogP contribution in [0.25, 0.3) is 11.0 Å². The van der Waals surface area contributed by atoms with E-state index in [1.54, 1.807) is 0 Å². The van der Waals surface area contributed by atoms with Gasteiger partial charge in [-0.3, -0.25) is 14.4 Å². The van der Waals surface area contributed by atoms with Gasteiger partial charge >= 0.3 is 0 Å². The number of nitrogens with zero attached hydrogens (tertiary/aromatic N) is 3. The van der Waals surface area contributed by atoms with Crippen LogP contribution in [0.2, 0.25) is 0 Å². The van der Waals surface area contributed by atoms with Gasteiger partial charge in [0, 0.05) is 24.5 Å². The zero-order chi connectivity index (χ0) is 16.3. The first-order valence-corrected chi connectivity index (χ1v) is 9.57. The fourth-order valence-electron chi connectivity index (χ4n) is 4.82. The lowest BCUT2D eigenvalue weighted by molar-refractivity contribution is 0.243. The topological polar surface area (TPSA) is 53.9 Å². The maximum Gasteiger partial charge on any atom is 0.253 e. The first-order chi connectivity index (χ1) is 11.7. The lowest BCUT2D eigenvalue weighted by Gasteiger charge is -2.24. The van der Waals surface area contributed by atoms with Crippen molar-refractivity contribution in [3.63, 3.8) is 0 Å². The Morgan fingerprint density at radius 1 is 1.12 bits per heavy atom. The Morgan fingerprint density at radius 2 is 1.92 bits per heavy atom. The molecule has 5 nitrogen and oxygen atoms in total. The minimum absolute atomic E-state index is 0.105. The van der Waals surface area contributed by atoms with Crippen LogP contribution in [0.5, 0.6) is 0 Å². The van der Waals surface area contributed by atoms with E-state index in [9.17, 15) is 4.79 Å². The molecule has 1 saturated carbocycles. The second-order valence-electron chi connectivity index (χ2n) is 7.95. The van der Waals surface area contributed by atoms with Gasteiger partial charge in [-0.25, -0.2) is 0 Å². The highest BCUT2D eigenvalue weighted by molar-refractivity contribution is 5.84. The molecule has 0 aromatic carbocycles. The smallest absolute Gasteiger partial charge is 0.253 e. The molecule has 1 N–H and O–H groups in total. The van der Waals surface area contributed by atoms with Crippen LogP contribution in [0.15, 0.2) is 4.79 Å². The summed E-state index contributed by atoms with van der Waals surface area (Å²) in [6, 6.07) is 0.436. The van der Waals surface area contributed by atoms with Crippen molar-refractivity contribution in [1.82, 2.24) is 19.7 Å². The molecule has 0 radical (unpaired) electrons. The fraction of sp³-hybridized carbons (Fsp3) is 0.684. The number of hydrogen-bond acceptors (Lipinski definition) is 3. The number of hydrogen-bond donors (Lipinski definition) is 1. The minimum Gasteiger partial charge on any atom is -0.307 e. The van der Waals surface area contributed by atoms with Crippen LogP contribution in [-0.2, 0) is 19.9 Å². The number of aromatic amines is 1. The van der Waals surface area contributed by atoms with Crippen molar-refractivity contribution in [2.45, 2.75) is 57.4 Å². The Morgan fingerprint density at radius 3 is 2.71 bits per heavy atom. The zero-order valence-electron chi connectivity index (χ0n) is 14.5. The Hall–Kier alpha value is -1.62. The van der Waals surface area contributed by atoms with E-state index in [4.69, 9.17) is 5.10 Å². The molecule has 0 amide bonds. The third kappa shape index (κ3) is 2.25. The molecule has 2 aromatic heterocycles. The average molecular weight is 326 g/mol. The zero-order valence-corrected chi connectivity index (χ0v) is 14.5. The van der Waals surface area contributed by atoms with Crippen LogP contribution < -0.4 is 5.56 Å². The summed E-state index contributed by atoms with van der Waals surface area (Å²) in [7, 11) is 1.97. The van der Waals surface area contributed by atoms with Gasteiger partial charge in [-0.2, -0.15) is 5.10 Å². The van der Waals surface area contributed by atoms with Gasteiger partial charge in [0.1, 0.15) is 5.65 Å². The molecular weight excluding hydrogens is 300 g/mol. The highest BCUT2D eigenvalue weighted by Crippen LogP contribution is 2.40. The van der Waals surface area contributed by atoms with Crippen LogP contribution in [0.4, 0.5) is 0 Å². The molecule has 2 aliphatic carbocycles. The molecule has 3 heterocycles. The Balaban J connectivity index is 1.66. The molecule has 3 aliphatic rings. The molecule has 5 heteroatoms. The summed E-state index contributed by atoms with van der Waals surface area (Å²) in [6.07, 6.45) is 9.54. The summed E-state index contributed by atoms with van der Waals surface area (Å²) in [6.45, 7) is 2.43. The Kier molecular flexibility index (Phi) is 3.34. The van der Waals surface area contributed by atoms with Gasteiger partial charge in [0.2, 0.25) is 0 Å². The number of likely N-dealkylation sites (tertiary alicyclic amines) is 1. The molecule has 0 spiro atoms. The van der Waals surface area contributed by atoms with Gasteiger partial charge in [-0.1, -0.05) is 0 Å². The molecule has 0 bridgehead atoms. The van der Waals surface area contributed by atoms with Gasteiger partial charge < -0.3 is 4.98 Å². The summed E-state index contributed by atoms with van der Waals surface area (Å²) in [5.74, 6) is 0.911. The van der Waals surface area contributed by atoms with Crippen molar-refractivity contribution in [3.8, 4) is 0 Å². The lowest BCUT2D eigenvalue weighted by atomic mass is 9.89. The van der Waals surface area contributed by atoms with Gasteiger partial charge in [-0.05, 0) is 69.4 Å². The van der Waals surface area contributed by atoms with Gasteiger partial charge in [0.15, 0.2) is 0 Å². The third-order valence-corrected chi connectivity index (χ3v) is 6.22. The molecule has 128 valence electrons. The second-order valence-corrected chi connectivity index (χ2v) is 7.95. The van der Waals surface area contributed by atoms with Crippen molar-refractivity contribution in [2.75, 3.05) is 13.1 Å². The largest absolute Gasteiger partial charge is 0.307 e. The van der Waals surface area contributed by atoms with Crippen molar-refractivity contribution in [1.29, 1.82) is 0 Å². The first kappa shape index (κ1) is 14.7. The van der Waals surface area contributed by atoms with E-state index in [0.717, 1.165) is 36.4 Å². The molecule has 2 fully saturated rings. The maximum atomic E-state index is 12.5. The molecule has 1 unspecified atom stereocenters. The molecule has 24 heavy (non-hydrogen) atoms. The number of aryl methyl sites for hydroxylation is 2. The van der Waals surface area contributed by atoms with E-state index in [2.05, 4.69) is 9.88 Å². The monoisotopic (exact) mass is 326 g/mol. The van der Waals surface area contributed by atoms with E-state index < -0.39 is 0 Å². The normalized spacial score (nSPS) is 24.6. The number of aromatic nitrogens is 3. The molecular formula is C19H26N4O. The van der Waals surface area contributed by atoms with E-state index in [-0.39, 0.29) is 5.56 Å². The molecule has 1 saturated heterocycles. The van der Waals surface area contributed by atoms with E-state index in [1.807, 2.05) is 11.7 Å². The van der Waals surface area contributed by atoms with Crippen molar-refractivity contribution in [3.05, 3.63) is 27.2 Å². The SMILES string of the molecule is Cn1nc(C2CCCN2CC2CC2)c2c3c(c(=O)[nH]c21)CCCC3. The van der Waals surface area contributed by atoms with Crippen molar-refractivity contribution < 1.29 is 0 Å². The van der Waals surface area contributed by atoms with Gasteiger partial charge in [-0.15, -0.1) is 0 Å². The summed E-state index contributed by atoms with van der Waals surface area (Å²) >= 11 is 0. The highest BCUT2D eigenvalue weighted by Gasteiger charge is 2.35. The van der Waals surface area contributed by atoms with Crippen molar-refractivity contribution in [2.24, 2.45) is 13.0 Å². The number of rotatable bonds is 3. The van der Waals surface area contributed by atoms with Crippen molar-refractivity contribution >= 4 is 11.0 Å². The predicted molar refractivity (Wildman–Crippen MR) is 94.2 cm³/mol. The van der Waals surface area contributed by atoms with Crippen LogP contribution in [0.3, 0.4) is 0 Å². The quantitative estimate of drug-likeness (QED) is 0.943. The third-order valence-electron chi connectivity index (χ3n) is 6.22. The van der Waals surface area contributed by atoms with E-state index >= 15 is 0 Å². The summed E-state index contributed by atoms with van der Waals surface area (Å²) in [5.41, 5.74) is 4.57. The van der Waals surface area contributed by atoms with Gasteiger partial charge in [0.05, 0.1) is 11.7 Å². The maximum absolute atomic E-state index is 12.5. The number of H-pyrrole nitrogens is 1. The lowest BCUT2D eigenvalue weighted by Crippen LogP contribution is -2.26. The highest BCUT2D eigenvalue weighted by atomic mass is 16.1. The van der Waals surface area contributed by atoms with Crippen LogP contribution in [-0.4, -0.2) is 32.8 Å². The summed E-state index contributed by atoms with van der Waals surface area (Å²) < 4.78 is 1.90. The Labute approximate surface area is 142 Å². The number of pyridine rings is 1. The first-order valence-electron chi connectivity index (χ1n) is 9.57. The molecule has 1 aliphatic heterocycles. The van der Waals surface area contributed by atoms with Crippen LogP contribution >= 0.6 is 0 Å². The van der Waals surface area contributed by atoms with E-state index in [0.29, 0.717) is 6.04 Å². The number of fused-ring (bicyclic) bond motifs is 3.